The summed E-state index contributed by atoms with van der Waals surface area (Å²) in [6.07, 6.45) is 0. The van der Waals surface area contributed by atoms with Gasteiger partial charge in [0.15, 0.2) is 5.02 Å². The van der Waals surface area contributed by atoms with E-state index in [-0.39, 0.29) is 5.02 Å². The summed E-state index contributed by atoms with van der Waals surface area (Å²) in [5, 5.41) is 31.7. The number of hydrogen-bond donors (Lipinski definition) is 0. The number of hydrogen-bond acceptors (Lipinski definition) is 8. The van der Waals surface area contributed by atoms with Crippen LogP contribution in [0.3, 0.4) is 0 Å². The Morgan fingerprint density at radius 1 is 0.731 bits per heavy atom. The molecule has 2 rings (SSSR count). The van der Waals surface area contributed by atoms with Crippen molar-refractivity contribution in [1.82, 2.24) is 0 Å². The molecule has 0 aliphatic rings. The van der Waals surface area contributed by atoms with Crippen LogP contribution >= 0.6 is 23.2 Å². The molecular weight excluding hydrogens is 417 g/mol. The van der Waals surface area contributed by atoms with Crippen LogP contribution < -0.4 is 0 Å². The Hall–Kier alpha value is -2.83. The predicted octanol–water partition coefficient (Wildman–Crippen LogP) is 3.55. The van der Waals surface area contributed by atoms with Crippen molar-refractivity contribution in [2.75, 3.05) is 0 Å². The molecule has 0 saturated heterocycles. The molecule has 0 aromatic heterocycles. The van der Waals surface area contributed by atoms with Gasteiger partial charge in [-0.25, -0.2) is 8.42 Å². The van der Waals surface area contributed by atoms with E-state index in [2.05, 4.69) is 0 Å². The van der Waals surface area contributed by atoms with Gasteiger partial charge in [-0.1, -0.05) is 23.2 Å². The molecule has 2 aromatic carbocycles. The molecule has 26 heavy (non-hydrogen) atoms. The van der Waals surface area contributed by atoms with Crippen LogP contribution in [0, 0.1) is 30.3 Å². The van der Waals surface area contributed by atoms with Crippen molar-refractivity contribution in [1.29, 1.82) is 0 Å². The van der Waals surface area contributed by atoms with E-state index in [4.69, 9.17) is 23.2 Å². The maximum absolute atomic E-state index is 12.6. The topological polar surface area (TPSA) is 164 Å². The number of nitro benzene ring substituents is 3. The van der Waals surface area contributed by atoms with Gasteiger partial charge in [-0.2, -0.15) is 0 Å². The second kappa shape index (κ2) is 6.82. The normalized spacial score (nSPS) is 11.2. The molecule has 0 amide bonds. The van der Waals surface area contributed by atoms with Gasteiger partial charge in [-0.05, 0) is 12.1 Å². The zero-order valence-electron chi connectivity index (χ0n) is 12.2. The maximum atomic E-state index is 12.6. The highest BCUT2D eigenvalue weighted by atomic mass is 35.5. The molecule has 14 heteroatoms. The molecule has 136 valence electrons. The minimum Gasteiger partial charge on any atom is -0.258 e. The Bertz CT molecular complexity index is 1040. The fourth-order valence-corrected chi connectivity index (χ4v) is 3.68. The van der Waals surface area contributed by atoms with Crippen molar-refractivity contribution in [3.8, 4) is 0 Å². The van der Waals surface area contributed by atoms with Crippen molar-refractivity contribution in [3.05, 3.63) is 70.7 Å². The molecule has 0 bridgehead atoms. The minimum atomic E-state index is -4.57. The Morgan fingerprint density at radius 2 is 1.15 bits per heavy atom. The number of sulfone groups is 1. The van der Waals surface area contributed by atoms with Gasteiger partial charge in [0.05, 0.1) is 24.6 Å². The summed E-state index contributed by atoms with van der Waals surface area (Å²) in [5.41, 5.74) is -2.71. The lowest BCUT2D eigenvalue weighted by Crippen LogP contribution is -2.06. The molecule has 11 nitrogen and oxygen atoms in total. The first-order valence-corrected chi connectivity index (χ1v) is 8.52. The quantitative estimate of drug-likeness (QED) is 0.521. The summed E-state index contributed by atoms with van der Waals surface area (Å²) < 4.78 is 25.3. The van der Waals surface area contributed by atoms with Gasteiger partial charge in [-0.3, -0.25) is 30.3 Å². The van der Waals surface area contributed by atoms with E-state index in [0.717, 1.165) is 12.1 Å². The molecule has 0 fully saturated rings. The molecule has 0 aliphatic heterocycles. The first kappa shape index (κ1) is 19.5. The monoisotopic (exact) mass is 421 g/mol. The molecule has 0 unspecified atom stereocenters. The standard InChI is InChI=1S/C12H5Cl2N3O8S/c13-8-2-1-6(3-9(8)15(18)19)26(24,25)7-4-10(16(20)21)12(14)11(5-7)17(22)23/h1-5H. The summed E-state index contributed by atoms with van der Waals surface area (Å²) in [5.74, 6) is 0. The molecular formula is C12H5Cl2N3O8S. The minimum absolute atomic E-state index is 0.331. The SMILES string of the molecule is O=[N+]([O-])c1cc(S(=O)(=O)c2cc([N+](=O)[O-])c(Cl)c([N+](=O)[O-])c2)ccc1Cl. The summed E-state index contributed by atoms with van der Waals surface area (Å²) >= 11 is 11.2. The van der Waals surface area contributed by atoms with Crippen molar-refractivity contribution in [2.24, 2.45) is 0 Å². The van der Waals surface area contributed by atoms with E-state index >= 15 is 0 Å². The molecule has 0 N–H and O–H groups in total. The fourth-order valence-electron chi connectivity index (χ4n) is 1.93. The van der Waals surface area contributed by atoms with E-state index < -0.39 is 56.5 Å². The van der Waals surface area contributed by atoms with Crippen molar-refractivity contribution >= 4 is 50.1 Å². The maximum Gasteiger partial charge on any atom is 0.296 e. The van der Waals surface area contributed by atoms with Crippen molar-refractivity contribution in [3.63, 3.8) is 0 Å². The first-order valence-electron chi connectivity index (χ1n) is 6.28. The van der Waals surface area contributed by atoms with Crippen LogP contribution in [0.15, 0.2) is 40.1 Å². The second-order valence-corrected chi connectivity index (χ2v) is 7.40. The number of nitrogens with zero attached hydrogens (tertiary/aromatic N) is 3. The van der Waals surface area contributed by atoms with Gasteiger partial charge in [0.1, 0.15) is 5.02 Å². The zero-order chi connectivity index (χ0) is 19.8. The summed E-state index contributed by atoms with van der Waals surface area (Å²) in [6, 6.07) is 3.59. The molecule has 2 aromatic rings. The molecule has 0 heterocycles. The second-order valence-electron chi connectivity index (χ2n) is 4.66. The van der Waals surface area contributed by atoms with Gasteiger partial charge in [0.2, 0.25) is 9.84 Å². The molecule has 0 saturated carbocycles. The third-order valence-electron chi connectivity index (χ3n) is 3.14. The summed E-state index contributed by atoms with van der Waals surface area (Å²) in [6.45, 7) is 0. The number of halogens is 2. The van der Waals surface area contributed by atoms with Gasteiger partial charge in [0.25, 0.3) is 17.1 Å². The largest absolute Gasteiger partial charge is 0.296 e. The van der Waals surface area contributed by atoms with Crippen LogP contribution in [0.25, 0.3) is 0 Å². The predicted molar refractivity (Wildman–Crippen MR) is 88.3 cm³/mol. The van der Waals surface area contributed by atoms with E-state index in [1.165, 1.54) is 0 Å². The van der Waals surface area contributed by atoms with Gasteiger partial charge in [-0.15, -0.1) is 0 Å². The van der Waals surface area contributed by atoms with Crippen LogP contribution in [0.1, 0.15) is 0 Å². The molecule has 0 aliphatic carbocycles. The lowest BCUT2D eigenvalue weighted by molar-refractivity contribution is -0.394. The third-order valence-corrected chi connectivity index (χ3v) is 5.57. The van der Waals surface area contributed by atoms with Gasteiger partial charge < -0.3 is 0 Å². The lowest BCUT2D eigenvalue weighted by Gasteiger charge is -2.06. The summed E-state index contributed by atoms with van der Waals surface area (Å²) in [4.78, 5) is 28.4. The van der Waals surface area contributed by atoms with Crippen LogP contribution in [-0.2, 0) is 9.84 Å². The number of nitro groups is 3. The van der Waals surface area contributed by atoms with E-state index in [0.29, 0.717) is 18.2 Å². The third kappa shape index (κ3) is 3.42. The van der Waals surface area contributed by atoms with E-state index in [1.54, 1.807) is 0 Å². The Morgan fingerprint density at radius 3 is 1.58 bits per heavy atom. The highest BCUT2D eigenvalue weighted by Gasteiger charge is 2.31. The van der Waals surface area contributed by atoms with Crippen LogP contribution in [-0.4, -0.2) is 23.2 Å². The average Bonchev–Trinajstić information content (AvgIpc) is 2.54. The average molecular weight is 422 g/mol. The highest BCUT2D eigenvalue weighted by molar-refractivity contribution is 7.91. The Labute approximate surface area is 154 Å². The van der Waals surface area contributed by atoms with E-state index in [1.807, 2.05) is 0 Å². The van der Waals surface area contributed by atoms with Crippen LogP contribution in [0.4, 0.5) is 17.1 Å². The van der Waals surface area contributed by atoms with Crippen LogP contribution in [0.2, 0.25) is 10.0 Å². The van der Waals surface area contributed by atoms with Crippen molar-refractivity contribution in [2.45, 2.75) is 9.79 Å². The fraction of sp³-hybridized carbons (Fsp3) is 0. The Kier molecular flexibility index (Phi) is 5.11. The Balaban J connectivity index is 2.78. The summed E-state index contributed by atoms with van der Waals surface area (Å²) in [7, 11) is -4.57. The highest BCUT2D eigenvalue weighted by Crippen LogP contribution is 2.38. The van der Waals surface area contributed by atoms with Gasteiger partial charge >= 0.3 is 0 Å². The zero-order valence-corrected chi connectivity index (χ0v) is 14.5. The van der Waals surface area contributed by atoms with Crippen molar-refractivity contribution < 1.29 is 23.2 Å². The molecule has 0 atom stereocenters. The first-order chi connectivity index (χ1) is 12.0. The van der Waals surface area contributed by atoms with Gasteiger partial charge in [0, 0.05) is 18.2 Å². The lowest BCUT2D eigenvalue weighted by atomic mass is 10.3. The number of rotatable bonds is 5. The molecule has 0 radical (unpaired) electrons. The molecule has 0 spiro atoms. The van der Waals surface area contributed by atoms with Crippen LogP contribution in [0.5, 0.6) is 0 Å². The number of benzene rings is 2. The smallest absolute Gasteiger partial charge is 0.258 e. The van der Waals surface area contributed by atoms with E-state index in [9.17, 15) is 38.8 Å².